The monoisotopic (exact) mass is 197 g/mol. The maximum atomic E-state index is 5.20. The molecule has 0 bridgehead atoms. The Morgan fingerprint density at radius 1 is 1.21 bits per heavy atom. The Labute approximate surface area is 83.5 Å². The van der Waals surface area contributed by atoms with Gasteiger partial charge in [-0.25, -0.2) is 5.90 Å². The van der Waals surface area contributed by atoms with Crippen LogP contribution in [-0.4, -0.2) is 14.2 Å². The lowest BCUT2D eigenvalue weighted by Gasteiger charge is -2.11. The minimum absolute atomic E-state index is 0.347. The molecule has 0 saturated heterocycles. The second kappa shape index (κ2) is 4.83. The van der Waals surface area contributed by atoms with Gasteiger partial charge in [-0.2, -0.15) is 0 Å². The van der Waals surface area contributed by atoms with Gasteiger partial charge in [-0.15, -0.1) is 0 Å². The van der Waals surface area contributed by atoms with Gasteiger partial charge in [0.1, 0.15) is 11.5 Å². The minimum atomic E-state index is 0.347. The molecule has 0 saturated carbocycles. The van der Waals surface area contributed by atoms with Crippen LogP contribution >= 0.6 is 0 Å². The lowest BCUT2D eigenvalue weighted by molar-refractivity contribution is 0.123. The molecule has 1 rings (SSSR count). The molecular weight excluding hydrogens is 182 g/mol. The molecule has 0 aliphatic rings. The SMILES string of the molecule is COc1cc(CON)c(C)c(OC)c1. The van der Waals surface area contributed by atoms with Crippen LogP contribution in [0.3, 0.4) is 0 Å². The number of hydrogen-bond donors (Lipinski definition) is 1. The fraction of sp³-hybridized carbons (Fsp3) is 0.400. The summed E-state index contributed by atoms with van der Waals surface area (Å²) in [7, 11) is 3.23. The maximum Gasteiger partial charge on any atom is 0.125 e. The Morgan fingerprint density at radius 3 is 2.43 bits per heavy atom. The summed E-state index contributed by atoms with van der Waals surface area (Å²) in [6.45, 7) is 2.30. The van der Waals surface area contributed by atoms with Crippen LogP contribution in [0, 0.1) is 6.92 Å². The highest BCUT2D eigenvalue weighted by molar-refractivity contribution is 5.45. The van der Waals surface area contributed by atoms with Gasteiger partial charge in [0.15, 0.2) is 0 Å². The van der Waals surface area contributed by atoms with Crippen molar-refractivity contribution in [3.8, 4) is 11.5 Å². The Morgan fingerprint density at radius 2 is 1.93 bits per heavy atom. The van der Waals surface area contributed by atoms with E-state index in [2.05, 4.69) is 4.84 Å². The van der Waals surface area contributed by atoms with Gasteiger partial charge in [-0.05, 0) is 24.1 Å². The van der Waals surface area contributed by atoms with Gasteiger partial charge in [-0.3, -0.25) is 4.84 Å². The van der Waals surface area contributed by atoms with Crippen molar-refractivity contribution in [1.29, 1.82) is 0 Å². The van der Waals surface area contributed by atoms with Crippen molar-refractivity contribution in [2.45, 2.75) is 13.5 Å². The standard InChI is InChI=1S/C10H15NO3/c1-7-8(6-14-11)4-9(12-2)5-10(7)13-3/h4-5H,6,11H2,1-3H3. The molecule has 4 heteroatoms. The predicted molar refractivity (Wildman–Crippen MR) is 53.3 cm³/mol. The number of ether oxygens (including phenoxy) is 2. The van der Waals surface area contributed by atoms with Crippen molar-refractivity contribution in [2.24, 2.45) is 5.90 Å². The zero-order chi connectivity index (χ0) is 10.6. The van der Waals surface area contributed by atoms with Gasteiger partial charge in [0.25, 0.3) is 0 Å². The molecule has 0 aliphatic carbocycles. The summed E-state index contributed by atoms with van der Waals surface area (Å²) in [5, 5.41) is 0. The molecule has 78 valence electrons. The number of hydrogen-bond acceptors (Lipinski definition) is 4. The number of methoxy groups -OCH3 is 2. The first-order chi connectivity index (χ1) is 6.72. The van der Waals surface area contributed by atoms with Crippen molar-refractivity contribution in [1.82, 2.24) is 0 Å². The van der Waals surface area contributed by atoms with E-state index in [1.165, 1.54) is 0 Å². The van der Waals surface area contributed by atoms with E-state index in [4.69, 9.17) is 15.4 Å². The zero-order valence-electron chi connectivity index (χ0n) is 8.66. The highest BCUT2D eigenvalue weighted by Crippen LogP contribution is 2.28. The van der Waals surface area contributed by atoms with E-state index in [1.807, 2.05) is 19.1 Å². The van der Waals surface area contributed by atoms with Gasteiger partial charge < -0.3 is 9.47 Å². The third-order valence-electron chi connectivity index (χ3n) is 2.14. The molecule has 0 spiro atoms. The van der Waals surface area contributed by atoms with E-state index in [0.29, 0.717) is 6.61 Å². The first-order valence-electron chi connectivity index (χ1n) is 4.26. The Bertz CT molecular complexity index is 312. The summed E-state index contributed by atoms with van der Waals surface area (Å²) in [4.78, 5) is 4.60. The highest BCUT2D eigenvalue weighted by atomic mass is 16.6. The van der Waals surface area contributed by atoms with Gasteiger partial charge >= 0.3 is 0 Å². The van der Waals surface area contributed by atoms with Gasteiger partial charge in [0, 0.05) is 6.07 Å². The summed E-state index contributed by atoms with van der Waals surface area (Å²) in [5.74, 6) is 6.54. The van der Waals surface area contributed by atoms with E-state index < -0.39 is 0 Å². The van der Waals surface area contributed by atoms with E-state index in [9.17, 15) is 0 Å². The van der Waals surface area contributed by atoms with Crippen LogP contribution in [0.25, 0.3) is 0 Å². The molecule has 0 radical (unpaired) electrons. The van der Waals surface area contributed by atoms with Gasteiger partial charge in [0.05, 0.1) is 20.8 Å². The molecule has 14 heavy (non-hydrogen) atoms. The molecule has 0 aliphatic heterocycles. The molecule has 0 amide bonds. The molecule has 0 heterocycles. The van der Waals surface area contributed by atoms with Crippen molar-refractivity contribution in [2.75, 3.05) is 14.2 Å². The lowest BCUT2D eigenvalue weighted by atomic mass is 10.1. The average Bonchev–Trinajstić information content (AvgIpc) is 2.21. The molecule has 2 N–H and O–H groups in total. The van der Waals surface area contributed by atoms with Gasteiger partial charge in [-0.1, -0.05) is 0 Å². The summed E-state index contributed by atoms with van der Waals surface area (Å²) >= 11 is 0. The third kappa shape index (κ3) is 2.16. The normalized spacial score (nSPS) is 10.0. The van der Waals surface area contributed by atoms with E-state index in [0.717, 1.165) is 22.6 Å². The summed E-state index contributed by atoms with van der Waals surface area (Å²) < 4.78 is 10.3. The molecule has 1 aromatic rings. The molecule has 1 aromatic carbocycles. The zero-order valence-corrected chi connectivity index (χ0v) is 8.66. The van der Waals surface area contributed by atoms with Crippen molar-refractivity contribution in [3.63, 3.8) is 0 Å². The quantitative estimate of drug-likeness (QED) is 0.741. The average molecular weight is 197 g/mol. The van der Waals surface area contributed by atoms with E-state index >= 15 is 0 Å². The number of rotatable bonds is 4. The van der Waals surface area contributed by atoms with Crippen molar-refractivity contribution in [3.05, 3.63) is 23.3 Å². The van der Waals surface area contributed by atoms with Gasteiger partial charge in [0.2, 0.25) is 0 Å². The lowest BCUT2D eigenvalue weighted by Crippen LogP contribution is -2.02. The Balaban J connectivity index is 3.12. The molecule has 0 atom stereocenters. The van der Waals surface area contributed by atoms with E-state index in [1.54, 1.807) is 14.2 Å². The van der Waals surface area contributed by atoms with Crippen molar-refractivity contribution < 1.29 is 14.3 Å². The van der Waals surface area contributed by atoms with Crippen LogP contribution in [0.2, 0.25) is 0 Å². The predicted octanol–water partition coefficient (Wildman–Crippen LogP) is 1.40. The van der Waals surface area contributed by atoms with Crippen LogP contribution in [0.5, 0.6) is 11.5 Å². The maximum absolute atomic E-state index is 5.20. The first-order valence-corrected chi connectivity index (χ1v) is 4.26. The Kier molecular flexibility index (Phi) is 3.73. The van der Waals surface area contributed by atoms with Crippen LogP contribution in [0.1, 0.15) is 11.1 Å². The molecule has 0 aromatic heterocycles. The largest absolute Gasteiger partial charge is 0.497 e. The number of benzene rings is 1. The van der Waals surface area contributed by atoms with Crippen LogP contribution in [0.15, 0.2) is 12.1 Å². The summed E-state index contributed by atoms with van der Waals surface area (Å²) in [6, 6.07) is 3.71. The second-order valence-corrected chi connectivity index (χ2v) is 2.92. The molecular formula is C10H15NO3. The second-order valence-electron chi connectivity index (χ2n) is 2.92. The highest BCUT2D eigenvalue weighted by Gasteiger charge is 2.07. The number of nitrogens with two attached hydrogens (primary N) is 1. The fourth-order valence-electron chi connectivity index (χ4n) is 1.29. The molecule has 4 nitrogen and oxygen atoms in total. The van der Waals surface area contributed by atoms with Crippen LogP contribution in [0.4, 0.5) is 0 Å². The topological polar surface area (TPSA) is 53.7 Å². The van der Waals surface area contributed by atoms with Crippen LogP contribution < -0.4 is 15.4 Å². The van der Waals surface area contributed by atoms with Crippen LogP contribution in [-0.2, 0) is 11.4 Å². The van der Waals surface area contributed by atoms with Crippen molar-refractivity contribution >= 4 is 0 Å². The molecule has 0 fully saturated rings. The first kappa shape index (κ1) is 10.8. The summed E-state index contributed by atoms with van der Waals surface area (Å²) in [6.07, 6.45) is 0. The van der Waals surface area contributed by atoms with E-state index in [-0.39, 0.29) is 0 Å². The molecule has 0 unspecified atom stereocenters. The fourth-order valence-corrected chi connectivity index (χ4v) is 1.29. The Hall–Kier alpha value is -1.26. The summed E-state index contributed by atoms with van der Waals surface area (Å²) in [5.41, 5.74) is 1.97. The minimum Gasteiger partial charge on any atom is -0.497 e. The third-order valence-corrected chi connectivity index (χ3v) is 2.14. The smallest absolute Gasteiger partial charge is 0.125 e.